The van der Waals surface area contributed by atoms with Crippen LogP contribution >= 0.6 is 0 Å². The van der Waals surface area contributed by atoms with E-state index < -0.39 is 0 Å². The Morgan fingerprint density at radius 2 is 2.04 bits per heavy atom. The first-order valence-corrected chi connectivity index (χ1v) is 8.29. The van der Waals surface area contributed by atoms with Crippen LogP contribution in [0.1, 0.15) is 18.0 Å². The van der Waals surface area contributed by atoms with Crippen molar-refractivity contribution in [1.82, 2.24) is 14.9 Å². The maximum absolute atomic E-state index is 13.3. The van der Waals surface area contributed by atoms with Crippen molar-refractivity contribution in [3.05, 3.63) is 66.2 Å². The Hall–Kier alpha value is -2.24. The minimum atomic E-state index is -0.213. The van der Waals surface area contributed by atoms with E-state index in [2.05, 4.69) is 20.9 Å². The third kappa shape index (κ3) is 3.18. The van der Waals surface area contributed by atoms with Gasteiger partial charge in [-0.2, -0.15) is 0 Å². The SMILES string of the molecule is Fc1ccc([C@@H](Cn2cnc3ccccc32)N[C@@H]2CCOC2)cc1. The molecule has 0 bridgehead atoms. The zero-order valence-corrected chi connectivity index (χ0v) is 13.4. The van der Waals surface area contributed by atoms with Crippen LogP contribution in [0.4, 0.5) is 4.39 Å². The highest BCUT2D eigenvalue weighted by molar-refractivity contribution is 5.74. The molecule has 1 N–H and O–H groups in total. The van der Waals surface area contributed by atoms with Crippen LogP contribution in [0.25, 0.3) is 11.0 Å². The lowest BCUT2D eigenvalue weighted by Gasteiger charge is -2.23. The standard InChI is InChI=1S/C19H20FN3O/c20-15-7-5-14(6-8-15)18(22-16-9-10-24-12-16)11-23-13-21-17-3-1-2-4-19(17)23/h1-8,13,16,18,22H,9-12H2/t16-,18-/m1/s1. The molecule has 24 heavy (non-hydrogen) atoms. The van der Waals surface area contributed by atoms with Gasteiger partial charge in [0.2, 0.25) is 0 Å². The molecule has 1 aliphatic rings. The van der Waals surface area contributed by atoms with Crippen LogP contribution in [0.15, 0.2) is 54.9 Å². The van der Waals surface area contributed by atoms with Gasteiger partial charge in [0.05, 0.1) is 30.0 Å². The third-order valence-electron chi connectivity index (χ3n) is 4.55. The molecule has 1 saturated heterocycles. The van der Waals surface area contributed by atoms with Crippen LogP contribution in [0, 0.1) is 5.82 Å². The first-order valence-electron chi connectivity index (χ1n) is 8.29. The van der Waals surface area contributed by atoms with Gasteiger partial charge in [0.15, 0.2) is 0 Å². The number of hydrogen-bond donors (Lipinski definition) is 1. The Bertz CT molecular complexity index is 809. The number of aromatic nitrogens is 2. The van der Waals surface area contributed by atoms with Crippen molar-refractivity contribution in [2.45, 2.75) is 25.0 Å². The Labute approximate surface area is 140 Å². The molecule has 4 rings (SSSR count). The number of nitrogens with one attached hydrogen (secondary N) is 1. The normalized spacial score (nSPS) is 19.0. The monoisotopic (exact) mass is 325 g/mol. The van der Waals surface area contributed by atoms with Crippen molar-refractivity contribution in [3.8, 4) is 0 Å². The van der Waals surface area contributed by atoms with Gasteiger partial charge >= 0.3 is 0 Å². The van der Waals surface area contributed by atoms with Gasteiger partial charge in [-0.25, -0.2) is 9.37 Å². The van der Waals surface area contributed by atoms with E-state index in [1.165, 1.54) is 12.1 Å². The molecule has 2 heterocycles. The van der Waals surface area contributed by atoms with E-state index in [1.807, 2.05) is 36.7 Å². The summed E-state index contributed by atoms with van der Waals surface area (Å²) in [4.78, 5) is 4.46. The third-order valence-corrected chi connectivity index (χ3v) is 4.55. The molecule has 0 amide bonds. The predicted octanol–water partition coefficient (Wildman–Crippen LogP) is 3.30. The van der Waals surface area contributed by atoms with E-state index >= 15 is 0 Å². The van der Waals surface area contributed by atoms with E-state index in [0.29, 0.717) is 6.04 Å². The lowest BCUT2D eigenvalue weighted by molar-refractivity contribution is 0.187. The molecule has 0 spiro atoms. The van der Waals surface area contributed by atoms with Crippen LogP contribution in [0.3, 0.4) is 0 Å². The number of imidazole rings is 1. The molecule has 0 aliphatic carbocycles. The number of para-hydroxylation sites is 2. The summed E-state index contributed by atoms with van der Waals surface area (Å²) < 4.78 is 20.9. The Balaban J connectivity index is 1.62. The van der Waals surface area contributed by atoms with E-state index in [1.54, 1.807) is 0 Å². The smallest absolute Gasteiger partial charge is 0.123 e. The fourth-order valence-corrected chi connectivity index (χ4v) is 3.25. The van der Waals surface area contributed by atoms with Crippen molar-refractivity contribution in [2.24, 2.45) is 0 Å². The first kappa shape index (κ1) is 15.3. The molecule has 1 aromatic heterocycles. The number of fused-ring (bicyclic) bond motifs is 1. The molecule has 3 aromatic rings. The zero-order chi connectivity index (χ0) is 16.4. The number of ether oxygens (including phenoxy) is 1. The Kier molecular flexibility index (Phi) is 4.28. The molecule has 2 atom stereocenters. The summed E-state index contributed by atoms with van der Waals surface area (Å²) in [7, 11) is 0. The lowest BCUT2D eigenvalue weighted by Crippen LogP contribution is -2.35. The van der Waals surface area contributed by atoms with Crippen LogP contribution < -0.4 is 5.32 Å². The Morgan fingerprint density at radius 3 is 2.83 bits per heavy atom. The molecule has 2 aromatic carbocycles. The first-order chi connectivity index (χ1) is 11.8. The summed E-state index contributed by atoms with van der Waals surface area (Å²) in [6.45, 7) is 2.26. The summed E-state index contributed by atoms with van der Waals surface area (Å²) in [5, 5.41) is 3.66. The highest BCUT2D eigenvalue weighted by Crippen LogP contribution is 2.21. The van der Waals surface area contributed by atoms with Crippen LogP contribution in [-0.4, -0.2) is 28.8 Å². The van der Waals surface area contributed by atoms with Gasteiger partial charge in [0.1, 0.15) is 5.82 Å². The minimum absolute atomic E-state index is 0.0786. The molecule has 0 radical (unpaired) electrons. The maximum Gasteiger partial charge on any atom is 0.123 e. The molecule has 4 nitrogen and oxygen atoms in total. The Morgan fingerprint density at radius 1 is 1.21 bits per heavy atom. The maximum atomic E-state index is 13.3. The number of rotatable bonds is 5. The summed E-state index contributed by atoms with van der Waals surface area (Å²) in [6.07, 6.45) is 2.87. The van der Waals surface area contributed by atoms with Gasteiger partial charge in [-0.3, -0.25) is 0 Å². The molecule has 1 aliphatic heterocycles. The van der Waals surface area contributed by atoms with Crippen molar-refractivity contribution >= 4 is 11.0 Å². The number of nitrogens with zero attached hydrogens (tertiary/aromatic N) is 2. The van der Waals surface area contributed by atoms with E-state index in [0.717, 1.165) is 42.8 Å². The summed E-state index contributed by atoms with van der Waals surface area (Å²) in [6, 6.07) is 15.2. The molecular weight excluding hydrogens is 305 g/mol. The second-order valence-electron chi connectivity index (χ2n) is 6.22. The predicted molar refractivity (Wildman–Crippen MR) is 91.2 cm³/mol. The summed E-state index contributed by atoms with van der Waals surface area (Å²) in [5.41, 5.74) is 3.16. The van der Waals surface area contributed by atoms with Gasteiger partial charge in [-0.1, -0.05) is 24.3 Å². The quantitative estimate of drug-likeness (QED) is 0.782. The minimum Gasteiger partial charge on any atom is -0.380 e. The lowest BCUT2D eigenvalue weighted by atomic mass is 10.0. The summed E-state index contributed by atoms with van der Waals surface area (Å²) >= 11 is 0. The van der Waals surface area contributed by atoms with Crippen molar-refractivity contribution in [1.29, 1.82) is 0 Å². The molecule has 1 fully saturated rings. The fraction of sp³-hybridized carbons (Fsp3) is 0.316. The number of benzene rings is 2. The van der Waals surface area contributed by atoms with Crippen LogP contribution in [0.2, 0.25) is 0 Å². The van der Waals surface area contributed by atoms with Gasteiger partial charge in [-0.15, -0.1) is 0 Å². The van der Waals surface area contributed by atoms with Gasteiger partial charge in [0.25, 0.3) is 0 Å². The van der Waals surface area contributed by atoms with Crippen molar-refractivity contribution < 1.29 is 9.13 Å². The second kappa shape index (κ2) is 6.71. The van der Waals surface area contributed by atoms with Crippen molar-refractivity contribution in [2.75, 3.05) is 13.2 Å². The highest BCUT2D eigenvalue weighted by Gasteiger charge is 2.21. The number of halogens is 1. The average molecular weight is 325 g/mol. The highest BCUT2D eigenvalue weighted by atomic mass is 19.1. The zero-order valence-electron chi connectivity index (χ0n) is 13.4. The van der Waals surface area contributed by atoms with E-state index in [4.69, 9.17) is 4.74 Å². The largest absolute Gasteiger partial charge is 0.380 e. The second-order valence-corrected chi connectivity index (χ2v) is 6.22. The van der Waals surface area contributed by atoms with Crippen molar-refractivity contribution in [3.63, 3.8) is 0 Å². The fourth-order valence-electron chi connectivity index (χ4n) is 3.25. The van der Waals surface area contributed by atoms with Gasteiger partial charge < -0.3 is 14.6 Å². The van der Waals surface area contributed by atoms with E-state index in [9.17, 15) is 4.39 Å². The van der Waals surface area contributed by atoms with Gasteiger partial charge in [0, 0.05) is 19.2 Å². The molecule has 5 heteroatoms. The summed E-state index contributed by atoms with van der Waals surface area (Å²) in [5.74, 6) is -0.213. The molecular formula is C19H20FN3O. The van der Waals surface area contributed by atoms with Crippen LogP contribution in [0.5, 0.6) is 0 Å². The average Bonchev–Trinajstić information content (AvgIpc) is 3.25. The molecule has 0 saturated carbocycles. The number of hydrogen-bond acceptors (Lipinski definition) is 3. The van der Waals surface area contributed by atoms with Crippen LogP contribution in [-0.2, 0) is 11.3 Å². The van der Waals surface area contributed by atoms with Gasteiger partial charge in [-0.05, 0) is 36.2 Å². The topological polar surface area (TPSA) is 39.1 Å². The molecule has 0 unspecified atom stereocenters. The van der Waals surface area contributed by atoms with E-state index in [-0.39, 0.29) is 11.9 Å². The molecule has 124 valence electrons.